The number of nitrogens with zero attached hydrogens (tertiary/aromatic N) is 2. The number of rotatable bonds is 7. The molecule has 0 aliphatic carbocycles. The van der Waals surface area contributed by atoms with Gasteiger partial charge in [0, 0.05) is 26.7 Å². The van der Waals surface area contributed by atoms with Crippen molar-refractivity contribution in [3.8, 4) is 0 Å². The molecule has 6 nitrogen and oxygen atoms in total. The predicted octanol–water partition coefficient (Wildman–Crippen LogP) is 1.45. The van der Waals surface area contributed by atoms with Crippen molar-refractivity contribution in [2.24, 2.45) is 5.73 Å². The van der Waals surface area contributed by atoms with Crippen molar-refractivity contribution in [2.45, 2.75) is 26.5 Å². The summed E-state index contributed by atoms with van der Waals surface area (Å²) in [5, 5.41) is 0. The van der Waals surface area contributed by atoms with Crippen LogP contribution in [-0.4, -0.2) is 54.5 Å². The van der Waals surface area contributed by atoms with Gasteiger partial charge in [0.25, 0.3) is 0 Å². The average molecular weight is 307 g/mol. The van der Waals surface area contributed by atoms with Crippen LogP contribution < -0.4 is 5.73 Å². The fourth-order valence-corrected chi connectivity index (χ4v) is 1.90. The normalized spacial score (nSPS) is 11.6. The quantitative estimate of drug-likeness (QED) is 0.827. The van der Waals surface area contributed by atoms with E-state index in [2.05, 4.69) is 0 Å². The molecular weight excluding hydrogens is 282 g/mol. The Hall–Kier alpha value is -2.08. The molecule has 1 rings (SSSR count). The standard InChI is InChI=1S/C16H25N3O3/c1-4-19(15(20)13(2)17)11-10-18(3)16(21)22-12-14-8-6-5-7-9-14/h5-9,13H,4,10-12,17H2,1-3H3/t13-/m0/s1. The lowest BCUT2D eigenvalue weighted by molar-refractivity contribution is -0.132. The third kappa shape index (κ3) is 5.73. The Kier molecular flexibility index (Phi) is 7.39. The van der Waals surface area contributed by atoms with Gasteiger partial charge < -0.3 is 20.3 Å². The van der Waals surface area contributed by atoms with Crippen LogP contribution in [0.3, 0.4) is 0 Å². The van der Waals surface area contributed by atoms with Crippen LogP contribution in [0.4, 0.5) is 4.79 Å². The summed E-state index contributed by atoms with van der Waals surface area (Å²) in [6.07, 6.45) is -0.409. The van der Waals surface area contributed by atoms with Crippen molar-refractivity contribution < 1.29 is 14.3 Å². The minimum absolute atomic E-state index is 0.117. The van der Waals surface area contributed by atoms with E-state index >= 15 is 0 Å². The van der Waals surface area contributed by atoms with E-state index in [0.29, 0.717) is 19.6 Å². The topological polar surface area (TPSA) is 75.9 Å². The largest absolute Gasteiger partial charge is 0.445 e. The second-order valence-corrected chi connectivity index (χ2v) is 5.17. The Bertz CT molecular complexity index is 477. The van der Waals surface area contributed by atoms with Gasteiger partial charge in [-0.15, -0.1) is 0 Å². The van der Waals surface area contributed by atoms with Gasteiger partial charge >= 0.3 is 6.09 Å². The predicted molar refractivity (Wildman–Crippen MR) is 85.2 cm³/mol. The van der Waals surface area contributed by atoms with E-state index in [9.17, 15) is 9.59 Å². The number of nitrogens with two attached hydrogens (primary N) is 1. The molecule has 0 saturated carbocycles. The lowest BCUT2D eigenvalue weighted by Gasteiger charge is -2.25. The molecule has 0 radical (unpaired) electrons. The Labute approximate surface area is 131 Å². The van der Waals surface area contributed by atoms with Crippen LogP contribution in [0.1, 0.15) is 19.4 Å². The Balaban J connectivity index is 2.39. The van der Waals surface area contributed by atoms with E-state index in [4.69, 9.17) is 10.5 Å². The van der Waals surface area contributed by atoms with Crippen molar-refractivity contribution >= 4 is 12.0 Å². The van der Waals surface area contributed by atoms with E-state index in [-0.39, 0.29) is 12.5 Å². The van der Waals surface area contributed by atoms with Gasteiger partial charge in [0.15, 0.2) is 0 Å². The van der Waals surface area contributed by atoms with E-state index in [1.54, 1.807) is 18.9 Å². The monoisotopic (exact) mass is 307 g/mol. The molecule has 0 heterocycles. The number of carbonyl (C=O) groups excluding carboxylic acids is 2. The maximum Gasteiger partial charge on any atom is 0.409 e. The zero-order chi connectivity index (χ0) is 16.5. The van der Waals surface area contributed by atoms with Crippen LogP contribution >= 0.6 is 0 Å². The second-order valence-electron chi connectivity index (χ2n) is 5.17. The highest BCUT2D eigenvalue weighted by Crippen LogP contribution is 2.03. The molecule has 2 amide bonds. The van der Waals surface area contributed by atoms with E-state index in [1.807, 2.05) is 37.3 Å². The first-order chi connectivity index (χ1) is 10.5. The van der Waals surface area contributed by atoms with Gasteiger partial charge in [-0.2, -0.15) is 0 Å². The third-order valence-corrected chi connectivity index (χ3v) is 3.31. The number of carbonyl (C=O) groups is 2. The summed E-state index contributed by atoms with van der Waals surface area (Å²) < 4.78 is 5.22. The van der Waals surface area contributed by atoms with Crippen molar-refractivity contribution in [1.29, 1.82) is 0 Å². The molecule has 0 saturated heterocycles. The molecule has 0 aliphatic heterocycles. The fourth-order valence-electron chi connectivity index (χ4n) is 1.90. The summed E-state index contributed by atoms with van der Waals surface area (Å²) in [5.74, 6) is -0.117. The highest BCUT2D eigenvalue weighted by Gasteiger charge is 2.17. The molecule has 22 heavy (non-hydrogen) atoms. The first kappa shape index (κ1) is 18.0. The van der Waals surface area contributed by atoms with Crippen molar-refractivity contribution in [3.63, 3.8) is 0 Å². The van der Waals surface area contributed by atoms with Crippen LogP contribution in [0, 0.1) is 0 Å². The van der Waals surface area contributed by atoms with E-state index in [0.717, 1.165) is 5.56 Å². The molecule has 6 heteroatoms. The molecular formula is C16H25N3O3. The van der Waals surface area contributed by atoms with E-state index < -0.39 is 12.1 Å². The van der Waals surface area contributed by atoms with Crippen LogP contribution in [0.15, 0.2) is 30.3 Å². The van der Waals surface area contributed by atoms with Crippen LogP contribution in [0.5, 0.6) is 0 Å². The lowest BCUT2D eigenvalue weighted by Crippen LogP contribution is -2.45. The Morgan fingerprint density at radius 2 is 1.86 bits per heavy atom. The van der Waals surface area contributed by atoms with Crippen LogP contribution in [-0.2, 0) is 16.1 Å². The SMILES string of the molecule is CCN(CCN(C)C(=O)OCc1ccccc1)C(=O)[C@H](C)N. The molecule has 0 spiro atoms. The summed E-state index contributed by atoms with van der Waals surface area (Å²) in [6, 6.07) is 8.96. The van der Waals surface area contributed by atoms with Crippen molar-refractivity contribution in [1.82, 2.24) is 9.80 Å². The third-order valence-electron chi connectivity index (χ3n) is 3.31. The second kappa shape index (κ2) is 9.04. The molecule has 0 bridgehead atoms. The molecule has 0 aliphatic rings. The maximum atomic E-state index is 11.9. The van der Waals surface area contributed by atoms with Gasteiger partial charge in [-0.25, -0.2) is 4.79 Å². The molecule has 1 aromatic rings. The molecule has 2 N–H and O–H groups in total. The number of amides is 2. The molecule has 1 aromatic carbocycles. The first-order valence-electron chi connectivity index (χ1n) is 7.41. The molecule has 0 fully saturated rings. The highest BCUT2D eigenvalue weighted by atomic mass is 16.6. The minimum atomic E-state index is -0.532. The van der Waals surface area contributed by atoms with Crippen molar-refractivity contribution in [3.05, 3.63) is 35.9 Å². The van der Waals surface area contributed by atoms with Gasteiger partial charge in [-0.1, -0.05) is 30.3 Å². The lowest BCUT2D eigenvalue weighted by atomic mass is 10.2. The Morgan fingerprint density at radius 3 is 2.41 bits per heavy atom. The summed E-state index contributed by atoms with van der Waals surface area (Å²) in [4.78, 5) is 26.8. The summed E-state index contributed by atoms with van der Waals surface area (Å²) in [5.41, 5.74) is 6.53. The number of hydrogen-bond acceptors (Lipinski definition) is 4. The smallest absolute Gasteiger partial charge is 0.409 e. The number of hydrogen-bond donors (Lipinski definition) is 1. The Morgan fingerprint density at radius 1 is 1.23 bits per heavy atom. The number of benzene rings is 1. The van der Waals surface area contributed by atoms with Crippen molar-refractivity contribution in [2.75, 3.05) is 26.7 Å². The average Bonchev–Trinajstić information content (AvgIpc) is 2.53. The highest BCUT2D eigenvalue weighted by molar-refractivity contribution is 5.81. The van der Waals surface area contributed by atoms with Gasteiger partial charge in [0.05, 0.1) is 6.04 Å². The first-order valence-corrected chi connectivity index (χ1v) is 7.41. The zero-order valence-electron chi connectivity index (χ0n) is 13.5. The summed E-state index contributed by atoms with van der Waals surface area (Å²) in [7, 11) is 1.65. The van der Waals surface area contributed by atoms with E-state index in [1.165, 1.54) is 4.90 Å². The molecule has 122 valence electrons. The number of likely N-dealkylation sites (N-methyl/N-ethyl adjacent to an activating group) is 2. The molecule has 0 aromatic heterocycles. The minimum Gasteiger partial charge on any atom is -0.445 e. The maximum absolute atomic E-state index is 11.9. The van der Waals surface area contributed by atoms with Crippen LogP contribution in [0.2, 0.25) is 0 Å². The number of ether oxygens (including phenoxy) is 1. The van der Waals surface area contributed by atoms with Gasteiger partial charge in [0.1, 0.15) is 6.61 Å². The van der Waals surface area contributed by atoms with Gasteiger partial charge in [0.2, 0.25) is 5.91 Å². The molecule has 0 unspecified atom stereocenters. The zero-order valence-corrected chi connectivity index (χ0v) is 13.5. The van der Waals surface area contributed by atoms with Gasteiger partial charge in [-0.3, -0.25) is 4.79 Å². The fraction of sp³-hybridized carbons (Fsp3) is 0.500. The summed E-state index contributed by atoms with van der Waals surface area (Å²) in [6.45, 7) is 5.18. The van der Waals surface area contributed by atoms with Crippen LogP contribution in [0.25, 0.3) is 0 Å². The summed E-state index contributed by atoms with van der Waals surface area (Å²) >= 11 is 0. The van der Waals surface area contributed by atoms with Gasteiger partial charge in [-0.05, 0) is 19.4 Å². The molecule has 1 atom stereocenters.